The molecule has 1 aromatic carbocycles. The topological polar surface area (TPSA) is 32.3 Å². The summed E-state index contributed by atoms with van der Waals surface area (Å²) >= 11 is 0. The van der Waals surface area contributed by atoms with Crippen molar-refractivity contribution < 1.29 is 4.79 Å². The number of hydrogen-bond donors (Lipinski definition) is 1. The summed E-state index contributed by atoms with van der Waals surface area (Å²) in [7, 11) is 0. The van der Waals surface area contributed by atoms with Gasteiger partial charge in [-0.05, 0) is 69.0 Å². The molecule has 104 valence electrons. The summed E-state index contributed by atoms with van der Waals surface area (Å²) in [5.41, 5.74) is 3.37. The van der Waals surface area contributed by atoms with Gasteiger partial charge in [-0.3, -0.25) is 9.69 Å². The number of anilines is 1. The second kappa shape index (κ2) is 6.20. The first-order chi connectivity index (χ1) is 9.04. The summed E-state index contributed by atoms with van der Waals surface area (Å²) < 4.78 is 0. The molecule has 0 aliphatic carbocycles. The highest BCUT2D eigenvalue weighted by Gasteiger charge is 2.17. The van der Waals surface area contributed by atoms with Crippen LogP contribution in [-0.2, 0) is 4.79 Å². The number of nitrogens with one attached hydrogen (secondary N) is 1. The van der Waals surface area contributed by atoms with E-state index in [0.29, 0.717) is 6.54 Å². The zero-order chi connectivity index (χ0) is 13.8. The van der Waals surface area contributed by atoms with Crippen molar-refractivity contribution in [3.05, 3.63) is 29.3 Å². The first kappa shape index (κ1) is 14.1. The summed E-state index contributed by atoms with van der Waals surface area (Å²) in [5.74, 6) is 0.900. The summed E-state index contributed by atoms with van der Waals surface area (Å²) in [6.45, 7) is 9.03. The van der Waals surface area contributed by atoms with Crippen molar-refractivity contribution in [2.75, 3.05) is 25.0 Å². The van der Waals surface area contributed by atoms with Crippen LogP contribution in [0.2, 0.25) is 0 Å². The minimum Gasteiger partial charge on any atom is -0.325 e. The van der Waals surface area contributed by atoms with Crippen LogP contribution >= 0.6 is 0 Å². The smallest absolute Gasteiger partial charge is 0.238 e. The van der Waals surface area contributed by atoms with Gasteiger partial charge in [0.05, 0.1) is 6.54 Å². The van der Waals surface area contributed by atoms with Crippen molar-refractivity contribution in [3.8, 4) is 0 Å². The fourth-order valence-corrected chi connectivity index (χ4v) is 2.44. The van der Waals surface area contributed by atoms with E-state index < -0.39 is 0 Å². The standard InChI is InChI=1S/C16H24N2O/c1-12-6-8-18(9-7-12)11-16(19)17-15-5-4-13(2)14(3)10-15/h4-5,10,12H,6-9,11H2,1-3H3,(H,17,19). The number of likely N-dealkylation sites (tertiary alicyclic amines) is 1. The molecule has 2 rings (SSSR count). The average Bonchev–Trinajstić information content (AvgIpc) is 2.37. The maximum absolute atomic E-state index is 12.0. The highest BCUT2D eigenvalue weighted by molar-refractivity contribution is 5.92. The highest BCUT2D eigenvalue weighted by atomic mass is 16.2. The van der Waals surface area contributed by atoms with Crippen LogP contribution in [0.5, 0.6) is 0 Å². The van der Waals surface area contributed by atoms with Crippen LogP contribution in [0.1, 0.15) is 30.9 Å². The summed E-state index contributed by atoms with van der Waals surface area (Å²) in [6.07, 6.45) is 2.41. The maximum atomic E-state index is 12.0. The van der Waals surface area contributed by atoms with Crippen LogP contribution in [-0.4, -0.2) is 30.4 Å². The molecule has 0 spiro atoms. The van der Waals surface area contributed by atoms with Crippen molar-refractivity contribution in [1.29, 1.82) is 0 Å². The molecule has 1 N–H and O–H groups in total. The molecule has 0 saturated carbocycles. The lowest BCUT2D eigenvalue weighted by Gasteiger charge is -2.29. The van der Waals surface area contributed by atoms with E-state index in [0.717, 1.165) is 24.7 Å². The van der Waals surface area contributed by atoms with Gasteiger partial charge in [-0.1, -0.05) is 13.0 Å². The van der Waals surface area contributed by atoms with E-state index in [9.17, 15) is 4.79 Å². The SMILES string of the molecule is Cc1ccc(NC(=O)CN2CCC(C)CC2)cc1C. The predicted octanol–water partition coefficient (Wildman–Crippen LogP) is 2.97. The van der Waals surface area contributed by atoms with E-state index in [4.69, 9.17) is 0 Å². The van der Waals surface area contributed by atoms with Gasteiger partial charge in [0.15, 0.2) is 0 Å². The fourth-order valence-electron chi connectivity index (χ4n) is 2.44. The van der Waals surface area contributed by atoms with Crippen LogP contribution in [0.4, 0.5) is 5.69 Å². The van der Waals surface area contributed by atoms with Gasteiger partial charge in [-0.15, -0.1) is 0 Å². The summed E-state index contributed by atoms with van der Waals surface area (Å²) in [5, 5.41) is 2.99. The number of nitrogens with zero attached hydrogens (tertiary/aromatic N) is 1. The molecule has 1 aliphatic rings. The predicted molar refractivity (Wildman–Crippen MR) is 79.4 cm³/mol. The van der Waals surface area contributed by atoms with E-state index in [-0.39, 0.29) is 5.91 Å². The van der Waals surface area contributed by atoms with Crippen molar-refractivity contribution >= 4 is 11.6 Å². The lowest BCUT2D eigenvalue weighted by molar-refractivity contribution is -0.117. The van der Waals surface area contributed by atoms with Crippen LogP contribution in [0, 0.1) is 19.8 Å². The molecule has 1 amide bonds. The third-order valence-electron chi connectivity index (χ3n) is 4.03. The molecule has 1 fully saturated rings. The minimum absolute atomic E-state index is 0.0952. The molecule has 0 atom stereocenters. The second-order valence-electron chi connectivity index (χ2n) is 5.81. The molecular weight excluding hydrogens is 236 g/mol. The highest BCUT2D eigenvalue weighted by Crippen LogP contribution is 2.17. The Labute approximate surface area is 116 Å². The first-order valence-electron chi connectivity index (χ1n) is 7.14. The lowest BCUT2D eigenvalue weighted by Crippen LogP contribution is -2.38. The first-order valence-corrected chi connectivity index (χ1v) is 7.14. The number of benzene rings is 1. The monoisotopic (exact) mass is 260 g/mol. The molecule has 0 radical (unpaired) electrons. The number of amides is 1. The largest absolute Gasteiger partial charge is 0.325 e. The van der Waals surface area contributed by atoms with E-state index in [2.05, 4.69) is 31.0 Å². The molecule has 1 aromatic rings. The Morgan fingerprint density at radius 2 is 1.95 bits per heavy atom. The zero-order valence-corrected chi connectivity index (χ0v) is 12.2. The molecule has 1 heterocycles. The Morgan fingerprint density at radius 3 is 2.58 bits per heavy atom. The van der Waals surface area contributed by atoms with Gasteiger partial charge in [-0.25, -0.2) is 0 Å². The van der Waals surface area contributed by atoms with Crippen LogP contribution in [0.3, 0.4) is 0 Å². The molecule has 0 aromatic heterocycles. The van der Waals surface area contributed by atoms with Gasteiger partial charge in [0, 0.05) is 5.69 Å². The van der Waals surface area contributed by atoms with Gasteiger partial charge in [-0.2, -0.15) is 0 Å². The van der Waals surface area contributed by atoms with Crippen molar-refractivity contribution in [1.82, 2.24) is 4.90 Å². The van der Waals surface area contributed by atoms with Gasteiger partial charge >= 0.3 is 0 Å². The Bertz CT molecular complexity index is 448. The third kappa shape index (κ3) is 4.06. The minimum atomic E-state index is 0.0952. The van der Waals surface area contributed by atoms with Crippen molar-refractivity contribution in [3.63, 3.8) is 0 Å². The Balaban J connectivity index is 1.85. The quantitative estimate of drug-likeness (QED) is 0.906. The molecule has 0 bridgehead atoms. The van der Waals surface area contributed by atoms with Gasteiger partial charge < -0.3 is 5.32 Å². The zero-order valence-electron chi connectivity index (χ0n) is 12.2. The molecule has 1 saturated heterocycles. The maximum Gasteiger partial charge on any atom is 0.238 e. The molecule has 3 nitrogen and oxygen atoms in total. The summed E-state index contributed by atoms with van der Waals surface area (Å²) in [6, 6.07) is 6.05. The Hall–Kier alpha value is -1.35. The number of carbonyl (C=O) groups is 1. The Morgan fingerprint density at radius 1 is 1.26 bits per heavy atom. The molecule has 1 aliphatic heterocycles. The number of carbonyl (C=O) groups excluding carboxylic acids is 1. The van der Waals surface area contributed by atoms with E-state index in [1.807, 2.05) is 18.2 Å². The van der Waals surface area contributed by atoms with E-state index in [1.54, 1.807) is 0 Å². The summed E-state index contributed by atoms with van der Waals surface area (Å²) in [4.78, 5) is 14.3. The van der Waals surface area contributed by atoms with E-state index in [1.165, 1.54) is 24.0 Å². The number of aryl methyl sites for hydroxylation is 2. The molecule has 19 heavy (non-hydrogen) atoms. The molecular formula is C16H24N2O. The fraction of sp³-hybridized carbons (Fsp3) is 0.562. The lowest BCUT2D eigenvalue weighted by atomic mass is 9.99. The average molecular weight is 260 g/mol. The molecule has 0 unspecified atom stereocenters. The second-order valence-corrected chi connectivity index (χ2v) is 5.81. The number of rotatable bonds is 3. The van der Waals surface area contributed by atoms with Crippen molar-refractivity contribution in [2.24, 2.45) is 5.92 Å². The van der Waals surface area contributed by atoms with Gasteiger partial charge in [0.2, 0.25) is 5.91 Å². The normalized spacial score (nSPS) is 17.4. The Kier molecular flexibility index (Phi) is 4.59. The van der Waals surface area contributed by atoms with Crippen LogP contribution < -0.4 is 5.32 Å². The van der Waals surface area contributed by atoms with Crippen molar-refractivity contribution in [2.45, 2.75) is 33.6 Å². The van der Waals surface area contributed by atoms with Crippen LogP contribution in [0.15, 0.2) is 18.2 Å². The van der Waals surface area contributed by atoms with Gasteiger partial charge in [0.1, 0.15) is 0 Å². The number of piperidine rings is 1. The van der Waals surface area contributed by atoms with E-state index >= 15 is 0 Å². The van der Waals surface area contributed by atoms with Crippen LogP contribution in [0.25, 0.3) is 0 Å². The molecule has 3 heteroatoms. The third-order valence-corrected chi connectivity index (χ3v) is 4.03. The van der Waals surface area contributed by atoms with Gasteiger partial charge in [0.25, 0.3) is 0 Å². The number of hydrogen-bond acceptors (Lipinski definition) is 2.